The Labute approximate surface area is 124 Å². The number of nitrogens with one attached hydrogen (secondary N) is 1. The van der Waals surface area contributed by atoms with E-state index in [0.717, 1.165) is 22.3 Å². The number of nitrogens with zero attached hydrogens (tertiary/aromatic N) is 3. The van der Waals surface area contributed by atoms with Gasteiger partial charge in [-0.2, -0.15) is 5.21 Å². The largest absolute Gasteiger partial charge is 0.326 e. The van der Waals surface area contributed by atoms with Gasteiger partial charge in [0.25, 0.3) is 0 Å². The van der Waals surface area contributed by atoms with Crippen LogP contribution in [0.2, 0.25) is 0 Å². The molecule has 0 fully saturated rings. The molecule has 5 nitrogen and oxygen atoms in total. The van der Waals surface area contributed by atoms with Crippen LogP contribution in [0, 0.1) is 0 Å². The SMILES string of the molecule is CC.NCc1ccc(-c2ccccc2-c2nn[nH]n2)cc1. The lowest BCUT2D eigenvalue weighted by atomic mass is 9.98. The van der Waals surface area contributed by atoms with Gasteiger partial charge in [0, 0.05) is 12.1 Å². The van der Waals surface area contributed by atoms with Crippen molar-refractivity contribution in [1.29, 1.82) is 0 Å². The van der Waals surface area contributed by atoms with Crippen LogP contribution in [0.4, 0.5) is 0 Å². The van der Waals surface area contributed by atoms with E-state index in [1.165, 1.54) is 0 Å². The molecule has 0 saturated heterocycles. The molecular formula is C16H19N5. The van der Waals surface area contributed by atoms with E-state index in [4.69, 9.17) is 5.73 Å². The van der Waals surface area contributed by atoms with E-state index >= 15 is 0 Å². The molecule has 2 aromatic carbocycles. The summed E-state index contributed by atoms with van der Waals surface area (Å²) in [6.07, 6.45) is 0. The number of tetrazole rings is 1. The zero-order valence-corrected chi connectivity index (χ0v) is 12.2. The maximum absolute atomic E-state index is 5.61. The van der Waals surface area contributed by atoms with Crippen molar-refractivity contribution in [2.24, 2.45) is 5.73 Å². The molecule has 0 aliphatic rings. The van der Waals surface area contributed by atoms with E-state index < -0.39 is 0 Å². The molecule has 0 amide bonds. The zero-order chi connectivity index (χ0) is 15.1. The number of hydrogen-bond acceptors (Lipinski definition) is 4. The summed E-state index contributed by atoms with van der Waals surface area (Å²) in [5.74, 6) is 0.596. The first kappa shape index (κ1) is 14.9. The Hall–Kier alpha value is -2.53. The first-order valence-corrected chi connectivity index (χ1v) is 7.00. The van der Waals surface area contributed by atoms with Crippen molar-refractivity contribution in [1.82, 2.24) is 20.6 Å². The van der Waals surface area contributed by atoms with Gasteiger partial charge in [-0.3, -0.25) is 0 Å². The lowest BCUT2D eigenvalue weighted by Crippen LogP contribution is -1.95. The quantitative estimate of drug-likeness (QED) is 0.773. The minimum absolute atomic E-state index is 0.548. The average Bonchev–Trinajstić information content (AvgIpc) is 3.11. The molecule has 1 heterocycles. The number of hydrogen-bond donors (Lipinski definition) is 2. The maximum Gasteiger partial charge on any atom is 0.205 e. The smallest absolute Gasteiger partial charge is 0.205 e. The van der Waals surface area contributed by atoms with Crippen LogP contribution in [0.5, 0.6) is 0 Å². The summed E-state index contributed by atoms with van der Waals surface area (Å²) in [6, 6.07) is 16.2. The Morgan fingerprint density at radius 1 is 0.952 bits per heavy atom. The molecule has 21 heavy (non-hydrogen) atoms. The Morgan fingerprint density at radius 2 is 1.62 bits per heavy atom. The van der Waals surface area contributed by atoms with Gasteiger partial charge in [0.2, 0.25) is 5.82 Å². The zero-order valence-electron chi connectivity index (χ0n) is 12.2. The standard InChI is InChI=1S/C14H13N5.C2H6/c15-9-10-5-7-11(8-6-10)12-3-1-2-4-13(12)14-16-18-19-17-14;1-2/h1-8H,9,15H2,(H,16,17,18,19);1-2H3. The molecule has 3 N–H and O–H groups in total. The molecule has 1 aromatic heterocycles. The highest BCUT2D eigenvalue weighted by atomic mass is 15.5. The van der Waals surface area contributed by atoms with Gasteiger partial charge >= 0.3 is 0 Å². The van der Waals surface area contributed by atoms with Crippen LogP contribution in [0.25, 0.3) is 22.5 Å². The lowest BCUT2D eigenvalue weighted by Gasteiger charge is -2.07. The van der Waals surface area contributed by atoms with Crippen molar-refractivity contribution in [3.63, 3.8) is 0 Å². The molecule has 0 saturated carbocycles. The van der Waals surface area contributed by atoms with Crippen LogP contribution >= 0.6 is 0 Å². The molecule has 0 atom stereocenters. The van der Waals surface area contributed by atoms with E-state index in [-0.39, 0.29) is 0 Å². The number of nitrogens with two attached hydrogens (primary N) is 1. The Kier molecular flexibility index (Phi) is 5.17. The molecule has 0 unspecified atom stereocenters. The van der Waals surface area contributed by atoms with Crippen molar-refractivity contribution in [3.05, 3.63) is 54.1 Å². The first-order chi connectivity index (χ1) is 10.4. The fraction of sp³-hybridized carbons (Fsp3) is 0.188. The maximum atomic E-state index is 5.61. The molecule has 3 rings (SSSR count). The van der Waals surface area contributed by atoms with Crippen molar-refractivity contribution < 1.29 is 0 Å². The molecule has 5 heteroatoms. The summed E-state index contributed by atoms with van der Waals surface area (Å²) >= 11 is 0. The Balaban J connectivity index is 0.000000774. The van der Waals surface area contributed by atoms with Crippen LogP contribution in [-0.4, -0.2) is 20.6 Å². The van der Waals surface area contributed by atoms with Gasteiger partial charge in [0.1, 0.15) is 0 Å². The molecule has 108 valence electrons. The van der Waals surface area contributed by atoms with Crippen molar-refractivity contribution in [2.45, 2.75) is 20.4 Å². The van der Waals surface area contributed by atoms with Gasteiger partial charge in [-0.05, 0) is 21.9 Å². The van der Waals surface area contributed by atoms with E-state index in [2.05, 4.69) is 32.8 Å². The van der Waals surface area contributed by atoms with Crippen molar-refractivity contribution in [3.8, 4) is 22.5 Å². The summed E-state index contributed by atoms with van der Waals surface area (Å²) in [4.78, 5) is 0. The highest BCUT2D eigenvalue weighted by molar-refractivity contribution is 5.80. The molecule has 0 spiro atoms. The van der Waals surface area contributed by atoms with Crippen LogP contribution < -0.4 is 5.73 Å². The molecule has 0 aliphatic heterocycles. The fourth-order valence-corrected chi connectivity index (χ4v) is 2.03. The lowest BCUT2D eigenvalue weighted by molar-refractivity contribution is 0.881. The first-order valence-electron chi connectivity index (χ1n) is 7.00. The highest BCUT2D eigenvalue weighted by Gasteiger charge is 2.10. The summed E-state index contributed by atoms with van der Waals surface area (Å²) in [5.41, 5.74) is 9.87. The van der Waals surface area contributed by atoms with E-state index in [1.807, 2.05) is 50.2 Å². The van der Waals surface area contributed by atoms with Crippen molar-refractivity contribution >= 4 is 0 Å². The third-order valence-electron chi connectivity index (χ3n) is 3.01. The minimum atomic E-state index is 0.548. The number of rotatable bonds is 3. The molecule has 0 bridgehead atoms. The molecule has 0 radical (unpaired) electrons. The summed E-state index contributed by atoms with van der Waals surface area (Å²) < 4.78 is 0. The predicted octanol–water partition coefficient (Wildman–Crippen LogP) is 3.02. The van der Waals surface area contributed by atoms with Gasteiger partial charge in [0.15, 0.2) is 0 Å². The summed E-state index contributed by atoms with van der Waals surface area (Å²) in [5, 5.41) is 14.2. The second-order valence-corrected chi connectivity index (χ2v) is 4.18. The molecule has 3 aromatic rings. The highest BCUT2D eigenvalue weighted by Crippen LogP contribution is 2.29. The van der Waals surface area contributed by atoms with Gasteiger partial charge in [-0.15, -0.1) is 10.2 Å². The van der Waals surface area contributed by atoms with Crippen molar-refractivity contribution in [2.75, 3.05) is 0 Å². The third-order valence-corrected chi connectivity index (χ3v) is 3.01. The summed E-state index contributed by atoms with van der Waals surface area (Å²) in [6.45, 7) is 4.55. The van der Waals surface area contributed by atoms with Crippen LogP contribution in [0.1, 0.15) is 19.4 Å². The van der Waals surface area contributed by atoms with Crippen LogP contribution in [0.15, 0.2) is 48.5 Å². The average molecular weight is 281 g/mol. The Bertz CT molecular complexity index is 659. The molecular weight excluding hydrogens is 262 g/mol. The predicted molar refractivity (Wildman–Crippen MR) is 84.3 cm³/mol. The number of aromatic nitrogens is 4. The van der Waals surface area contributed by atoms with Gasteiger partial charge < -0.3 is 5.73 Å². The second-order valence-electron chi connectivity index (χ2n) is 4.18. The van der Waals surface area contributed by atoms with E-state index in [0.29, 0.717) is 12.4 Å². The number of aromatic amines is 1. The fourth-order valence-electron chi connectivity index (χ4n) is 2.03. The monoisotopic (exact) mass is 281 g/mol. The normalized spacial score (nSPS) is 9.86. The van der Waals surface area contributed by atoms with E-state index in [1.54, 1.807) is 0 Å². The second kappa shape index (κ2) is 7.31. The third kappa shape index (κ3) is 3.32. The molecule has 0 aliphatic carbocycles. The number of benzene rings is 2. The minimum Gasteiger partial charge on any atom is -0.326 e. The number of H-pyrrole nitrogens is 1. The topological polar surface area (TPSA) is 80.5 Å². The van der Waals surface area contributed by atoms with E-state index in [9.17, 15) is 0 Å². The van der Waals surface area contributed by atoms with Crippen LogP contribution in [0.3, 0.4) is 0 Å². The van der Waals surface area contributed by atoms with Gasteiger partial charge in [0.05, 0.1) is 0 Å². The summed E-state index contributed by atoms with van der Waals surface area (Å²) in [7, 11) is 0. The Morgan fingerprint density at radius 3 is 2.19 bits per heavy atom. The van der Waals surface area contributed by atoms with Gasteiger partial charge in [-0.1, -0.05) is 62.4 Å². The van der Waals surface area contributed by atoms with Gasteiger partial charge in [-0.25, -0.2) is 0 Å². The van der Waals surface area contributed by atoms with Crippen LogP contribution in [-0.2, 0) is 6.54 Å².